The van der Waals surface area contributed by atoms with Crippen molar-refractivity contribution in [2.75, 3.05) is 5.32 Å². The molecule has 1 amide bonds. The average molecular weight is 313 g/mol. The molecule has 0 aromatic heterocycles. The molecule has 0 heterocycles. The van der Waals surface area contributed by atoms with E-state index >= 15 is 0 Å². The molecule has 2 rings (SSSR count). The van der Waals surface area contributed by atoms with Crippen molar-refractivity contribution in [2.24, 2.45) is 0 Å². The molecule has 2 aromatic rings. The van der Waals surface area contributed by atoms with Gasteiger partial charge in [-0.05, 0) is 46.7 Å². The summed E-state index contributed by atoms with van der Waals surface area (Å²) in [5.41, 5.74) is 2.38. The number of carbonyl (C=O) groups excluding carboxylic acids is 1. The zero-order valence-corrected chi connectivity index (χ0v) is 14.2. The standard InChI is InChI=1S/C20H24FNO/c1-14(2)15-7-5-10-18(11-15)22-19(23)13-20(3,4)16-8-6-9-17(21)12-16/h5-12,14H,13H2,1-4H3,(H,22,23). The molecule has 0 atom stereocenters. The lowest BCUT2D eigenvalue weighted by atomic mass is 9.81. The van der Waals surface area contributed by atoms with Crippen molar-refractivity contribution in [1.82, 2.24) is 0 Å². The summed E-state index contributed by atoms with van der Waals surface area (Å²) in [4.78, 5) is 12.4. The minimum Gasteiger partial charge on any atom is -0.326 e. The number of hydrogen-bond acceptors (Lipinski definition) is 1. The second-order valence-corrected chi connectivity index (χ2v) is 6.90. The highest BCUT2D eigenvalue weighted by Crippen LogP contribution is 2.28. The summed E-state index contributed by atoms with van der Waals surface area (Å²) in [6, 6.07) is 14.3. The van der Waals surface area contributed by atoms with E-state index in [4.69, 9.17) is 0 Å². The highest BCUT2D eigenvalue weighted by atomic mass is 19.1. The summed E-state index contributed by atoms with van der Waals surface area (Å²) in [5, 5.41) is 2.94. The van der Waals surface area contributed by atoms with Crippen LogP contribution in [0.3, 0.4) is 0 Å². The fourth-order valence-electron chi connectivity index (χ4n) is 2.59. The van der Waals surface area contributed by atoms with Gasteiger partial charge in [-0.2, -0.15) is 0 Å². The number of anilines is 1. The SMILES string of the molecule is CC(C)c1cccc(NC(=O)CC(C)(C)c2cccc(F)c2)c1. The van der Waals surface area contributed by atoms with Crippen LogP contribution < -0.4 is 5.32 Å². The molecule has 0 fully saturated rings. The highest BCUT2D eigenvalue weighted by molar-refractivity contribution is 5.91. The third-order valence-electron chi connectivity index (χ3n) is 4.05. The fourth-order valence-corrected chi connectivity index (χ4v) is 2.59. The third-order valence-corrected chi connectivity index (χ3v) is 4.05. The molecule has 0 bridgehead atoms. The lowest BCUT2D eigenvalue weighted by molar-refractivity contribution is -0.117. The molecule has 122 valence electrons. The summed E-state index contributed by atoms with van der Waals surface area (Å²) in [7, 11) is 0. The molecule has 2 aromatic carbocycles. The quantitative estimate of drug-likeness (QED) is 0.802. The van der Waals surface area contributed by atoms with E-state index in [1.807, 2.05) is 38.1 Å². The van der Waals surface area contributed by atoms with Crippen LogP contribution in [0.2, 0.25) is 0 Å². The van der Waals surface area contributed by atoms with Crippen LogP contribution in [0.1, 0.15) is 51.2 Å². The molecule has 0 saturated heterocycles. The Hall–Kier alpha value is -2.16. The molecule has 0 unspecified atom stereocenters. The van der Waals surface area contributed by atoms with Crippen LogP contribution in [-0.4, -0.2) is 5.91 Å². The first kappa shape index (κ1) is 17.2. The number of nitrogens with one attached hydrogen (secondary N) is 1. The molecule has 2 nitrogen and oxygen atoms in total. The van der Waals surface area contributed by atoms with Crippen LogP contribution >= 0.6 is 0 Å². The summed E-state index contributed by atoms with van der Waals surface area (Å²) < 4.78 is 13.4. The Labute approximate surface area is 137 Å². The predicted octanol–water partition coefficient (Wildman–Crippen LogP) is 5.26. The smallest absolute Gasteiger partial charge is 0.225 e. The second kappa shape index (κ2) is 6.95. The van der Waals surface area contributed by atoms with Crippen molar-refractivity contribution in [3.8, 4) is 0 Å². The lowest BCUT2D eigenvalue weighted by Gasteiger charge is -2.24. The van der Waals surface area contributed by atoms with Crippen molar-refractivity contribution in [3.63, 3.8) is 0 Å². The average Bonchev–Trinajstić information content (AvgIpc) is 2.46. The molecular weight excluding hydrogens is 289 g/mol. The monoisotopic (exact) mass is 313 g/mol. The van der Waals surface area contributed by atoms with E-state index < -0.39 is 5.41 Å². The number of hydrogen-bond donors (Lipinski definition) is 1. The maximum atomic E-state index is 13.4. The summed E-state index contributed by atoms with van der Waals surface area (Å²) >= 11 is 0. The number of rotatable bonds is 5. The summed E-state index contributed by atoms with van der Waals surface area (Å²) in [6.07, 6.45) is 0.294. The Morgan fingerprint density at radius 2 is 1.83 bits per heavy atom. The maximum Gasteiger partial charge on any atom is 0.225 e. The molecule has 0 aliphatic carbocycles. The van der Waals surface area contributed by atoms with Gasteiger partial charge in [-0.15, -0.1) is 0 Å². The van der Waals surface area contributed by atoms with Gasteiger partial charge in [0.2, 0.25) is 5.91 Å². The minimum atomic E-state index is -0.429. The number of carbonyl (C=O) groups is 1. The zero-order valence-electron chi connectivity index (χ0n) is 14.2. The van der Waals surface area contributed by atoms with E-state index in [0.717, 1.165) is 11.3 Å². The van der Waals surface area contributed by atoms with Gasteiger partial charge in [0.1, 0.15) is 5.82 Å². The first-order valence-electron chi connectivity index (χ1n) is 7.94. The van der Waals surface area contributed by atoms with Crippen molar-refractivity contribution < 1.29 is 9.18 Å². The van der Waals surface area contributed by atoms with Crippen LogP contribution in [0.15, 0.2) is 48.5 Å². The van der Waals surface area contributed by atoms with Gasteiger partial charge in [-0.1, -0.05) is 52.0 Å². The molecule has 1 N–H and O–H groups in total. The van der Waals surface area contributed by atoms with Gasteiger partial charge >= 0.3 is 0 Å². The highest BCUT2D eigenvalue weighted by Gasteiger charge is 2.24. The van der Waals surface area contributed by atoms with Crippen LogP contribution in [0.4, 0.5) is 10.1 Å². The van der Waals surface area contributed by atoms with Crippen molar-refractivity contribution in [3.05, 3.63) is 65.5 Å². The van der Waals surface area contributed by atoms with Crippen LogP contribution in [0.25, 0.3) is 0 Å². The van der Waals surface area contributed by atoms with E-state index in [-0.39, 0.29) is 11.7 Å². The van der Waals surface area contributed by atoms with Gasteiger partial charge in [0.05, 0.1) is 0 Å². The molecular formula is C20H24FNO. The van der Waals surface area contributed by atoms with Gasteiger partial charge in [0.25, 0.3) is 0 Å². The van der Waals surface area contributed by atoms with Gasteiger partial charge in [0, 0.05) is 12.1 Å². The largest absolute Gasteiger partial charge is 0.326 e. The Morgan fingerprint density at radius 1 is 1.13 bits per heavy atom. The molecule has 0 aliphatic rings. The predicted molar refractivity (Wildman–Crippen MR) is 93.2 cm³/mol. The van der Waals surface area contributed by atoms with E-state index in [1.165, 1.54) is 17.7 Å². The normalized spacial score (nSPS) is 11.6. The van der Waals surface area contributed by atoms with Crippen LogP contribution in [0, 0.1) is 5.82 Å². The molecule has 23 heavy (non-hydrogen) atoms. The Bertz CT molecular complexity index is 692. The lowest BCUT2D eigenvalue weighted by Crippen LogP contribution is -2.26. The van der Waals surface area contributed by atoms with E-state index in [2.05, 4.69) is 25.2 Å². The van der Waals surface area contributed by atoms with E-state index in [1.54, 1.807) is 6.07 Å². The summed E-state index contributed by atoms with van der Waals surface area (Å²) in [6.45, 7) is 8.14. The third kappa shape index (κ3) is 4.65. The summed E-state index contributed by atoms with van der Waals surface area (Å²) in [5.74, 6) is 0.0661. The Balaban J connectivity index is 2.08. The van der Waals surface area contributed by atoms with Crippen LogP contribution in [-0.2, 0) is 10.2 Å². The van der Waals surface area contributed by atoms with Gasteiger partial charge < -0.3 is 5.32 Å². The van der Waals surface area contributed by atoms with Crippen molar-refractivity contribution >= 4 is 11.6 Å². The zero-order chi connectivity index (χ0) is 17.0. The topological polar surface area (TPSA) is 29.1 Å². The molecule has 0 aliphatic heterocycles. The fraction of sp³-hybridized carbons (Fsp3) is 0.350. The number of halogens is 1. The molecule has 0 radical (unpaired) electrons. The van der Waals surface area contributed by atoms with Gasteiger partial charge in [-0.25, -0.2) is 4.39 Å². The number of amides is 1. The molecule has 0 saturated carbocycles. The first-order chi connectivity index (χ1) is 10.8. The van der Waals surface area contributed by atoms with Crippen molar-refractivity contribution in [2.45, 2.75) is 45.4 Å². The van der Waals surface area contributed by atoms with Crippen molar-refractivity contribution in [1.29, 1.82) is 0 Å². The Morgan fingerprint density at radius 3 is 2.48 bits per heavy atom. The van der Waals surface area contributed by atoms with E-state index in [0.29, 0.717) is 12.3 Å². The number of benzene rings is 2. The first-order valence-corrected chi connectivity index (χ1v) is 7.94. The minimum absolute atomic E-state index is 0.0693. The van der Waals surface area contributed by atoms with Gasteiger partial charge in [0.15, 0.2) is 0 Å². The molecule has 3 heteroatoms. The van der Waals surface area contributed by atoms with E-state index in [9.17, 15) is 9.18 Å². The molecule has 0 spiro atoms. The van der Waals surface area contributed by atoms with Crippen LogP contribution in [0.5, 0.6) is 0 Å². The Kier molecular flexibility index (Phi) is 5.19. The van der Waals surface area contributed by atoms with Gasteiger partial charge in [-0.3, -0.25) is 4.79 Å². The maximum absolute atomic E-state index is 13.4. The second-order valence-electron chi connectivity index (χ2n) is 6.90.